The molecule has 0 saturated carbocycles. The topological polar surface area (TPSA) is 29.9 Å². The van der Waals surface area contributed by atoms with Crippen molar-refractivity contribution in [2.24, 2.45) is 5.92 Å². The van der Waals surface area contributed by atoms with Gasteiger partial charge in [-0.25, -0.2) is 4.98 Å². The molecule has 0 spiro atoms. The fourth-order valence-corrected chi connectivity index (χ4v) is 3.33. The highest BCUT2D eigenvalue weighted by molar-refractivity contribution is 7.10. The molecule has 21 heavy (non-hydrogen) atoms. The Morgan fingerprint density at radius 1 is 1.19 bits per heavy atom. The minimum atomic E-state index is 0.336. The van der Waals surface area contributed by atoms with E-state index in [0.29, 0.717) is 12.0 Å². The third-order valence-corrected chi connectivity index (χ3v) is 4.44. The molecule has 0 amide bonds. The summed E-state index contributed by atoms with van der Waals surface area (Å²) in [5.41, 5.74) is 2.25. The van der Waals surface area contributed by atoms with Crippen LogP contribution in [0.15, 0.2) is 60.5 Å². The monoisotopic (exact) mass is 297 g/mol. The second-order valence-electron chi connectivity index (χ2n) is 5.40. The molecule has 1 atom stereocenters. The van der Waals surface area contributed by atoms with Gasteiger partial charge in [-0.05, 0) is 35.6 Å². The van der Waals surface area contributed by atoms with E-state index in [2.05, 4.69) is 65.9 Å². The summed E-state index contributed by atoms with van der Waals surface area (Å²) in [5, 5.41) is 5.79. The van der Waals surface area contributed by atoms with Gasteiger partial charge in [-0.1, -0.05) is 26.0 Å². The van der Waals surface area contributed by atoms with Crippen LogP contribution in [-0.4, -0.2) is 9.55 Å². The Kier molecular flexibility index (Phi) is 4.06. The highest BCUT2D eigenvalue weighted by atomic mass is 32.1. The van der Waals surface area contributed by atoms with E-state index in [4.69, 9.17) is 0 Å². The molecule has 0 radical (unpaired) electrons. The second kappa shape index (κ2) is 6.14. The molecule has 2 heterocycles. The lowest BCUT2D eigenvalue weighted by Gasteiger charge is -2.23. The van der Waals surface area contributed by atoms with E-state index < -0.39 is 0 Å². The summed E-state index contributed by atoms with van der Waals surface area (Å²) < 4.78 is 2.01. The molecule has 108 valence electrons. The zero-order chi connectivity index (χ0) is 14.7. The van der Waals surface area contributed by atoms with Gasteiger partial charge in [0.2, 0.25) is 0 Å². The first kappa shape index (κ1) is 13.9. The van der Waals surface area contributed by atoms with E-state index in [1.165, 1.54) is 4.88 Å². The largest absolute Gasteiger partial charge is 0.377 e. The van der Waals surface area contributed by atoms with Crippen LogP contribution in [0, 0.1) is 5.92 Å². The zero-order valence-corrected chi connectivity index (χ0v) is 13.0. The lowest BCUT2D eigenvalue weighted by atomic mass is 10.0. The Morgan fingerprint density at radius 3 is 2.76 bits per heavy atom. The minimum absolute atomic E-state index is 0.336. The molecular formula is C17H19N3S. The molecular weight excluding hydrogens is 278 g/mol. The summed E-state index contributed by atoms with van der Waals surface area (Å²) >= 11 is 1.80. The van der Waals surface area contributed by atoms with Crippen molar-refractivity contribution in [1.82, 2.24) is 9.55 Å². The van der Waals surface area contributed by atoms with Crippen molar-refractivity contribution in [3.05, 3.63) is 65.4 Å². The van der Waals surface area contributed by atoms with Gasteiger partial charge in [-0.3, -0.25) is 0 Å². The molecule has 2 aromatic heterocycles. The summed E-state index contributed by atoms with van der Waals surface area (Å²) in [6, 6.07) is 13.1. The standard InChI is InChI=1S/C17H19N3S/c1-13(2)17(16-7-4-10-21-16)19-14-5-3-6-15(11-14)20-9-8-18-12-20/h3-13,17,19H,1-2H3. The number of benzene rings is 1. The lowest BCUT2D eigenvalue weighted by molar-refractivity contribution is 0.554. The zero-order valence-electron chi connectivity index (χ0n) is 12.2. The highest BCUT2D eigenvalue weighted by Gasteiger charge is 2.16. The Balaban J connectivity index is 1.85. The van der Waals surface area contributed by atoms with Gasteiger partial charge in [-0.15, -0.1) is 11.3 Å². The summed E-state index contributed by atoms with van der Waals surface area (Å²) in [5.74, 6) is 0.528. The first-order chi connectivity index (χ1) is 10.2. The van der Waals surface area contributed by atoms with Gasteiger partial charge in [0.15, 0.2) is 0 Å². The number of aromatic nitrogens is 2. The summed E-state index contributed by atoms with van der Waals surface area (Å²) in [6.45, 7) is 4.49. The van der Waals surface area contributed by atoms with E-state index in [-0.39, 0.29) is 0 Å². The molecule has 0 fully saturated rings. The number of nitrogens with one attached hydrogen (secondary N) is 1. The van der Waals surface area contributed by atoms with Crippen LogP contribution < -0.4 is 5.32 Å². The molecule has 3 aromatic rings. The van der Waals surface area contributed by atoms with Crippen LogP contribution in [0.2, 0.25) is 0 Å². The van der Waals surface area contributed by atoms with Crippen LogP contribution in [-0.2, 0) is 0 Å². The maximum atomic E-state index is 4.10. The van der Waals surface area contributed by atoms with Crippen LogP contribution in [0.1, 0.15) is 24.8 Å². The highest BCUT2D eigenvalue weighted by Crippen LogP contribution is 2.30. The van der Waals surface area contributed by atoms with Crippen molar-refractivity contribution in [3.8, 4) is 5.69 Å². The van der Waals surface area contributed by atoms with E-state index in [1.54, 1.807) is 17.5 Å². The fourth-order valence-electron chi connectivity index (χ4n) is 2.38. The Morgan fingerprint density at radius 2 is 2.10 bits per heavy atom. The van der Waals surface area contributed by atoms with Crippen molar-refractivity contribution in [2.45, 2.75) is 19.9 Å². The number of hydrogen-bond acceptors (Lipinski definition) is 3. The quantitative estimate of drug-likeness (QED) is 0.737. The van der Waals surface area contributed by atoms with E-state index in [9.17, 15) is 0 Å². The van der Waals surface area contributed by atoms with Crippen molar-refractivity contribution < 1.29 is 0 Å². The van der Waals surface area contributed by atoms with E-state index >= 15 is 0 Å². The SMILES string of the molecule is CC(C)C(Nc1cccc(-n2ccnc2)c1)c1cccs1. The van der Waals surface area contributed by atoms with Crippen LogP contribution in [0.4, 0.5) is 5.69 Å². The molecule has 0 aliphatic carbocycles. The van der Waals surface area contributed by atoms with E-state index in [1.807, 2.05) is 17.1 Å². The molecule has 0 aliphatic heterocycles. The normalized spacial score (nSPS) is 12.5. The first-order valence-electron chi connectivity index (χ1n) is 7.12. The van der Waals surface area contributed by atoms with Gasteiger partial charge in [-0.2, -0.15) is 0 Å². The minimum Gasteiger partial charge on any atom is -0.377 e. The van der Waals surface area contributed by atoms with Gasteiger partial charge < -0.3 is 9.88 Å². The van der Waals surface area contributed by atoms with Gasteiger partial charge >= 0.3 is 0 Å². The average Bonchev–Trinajstić information content (AvgIpc) is 3.18. The maximum Gasteiger partial charge on any atom is 0.0991 e. The molecule has 1 N–H and O–H groups in total. The van der Waals surface area contributed by atoms with Gasteiger partial charge in [0.25, 0.3) is 0 Å². The molecule has 0 bridgehead atoms. The Hall–Kier alpha value is -2.07. The van der Waals surface area contributed by atoms with Gasteiger partial charge in [0, 0.05) is 28.6 Å². The Labute approximate surface area is 129 Å². The molecule has 1 unspecified atom stereocenters. The fraction of sp³-hybridized carbons (Fsp3) is 0.235. The van der Waals surface area contributed by atoms with Crippen molar-refractivity contribution in [2.75, 3.05) is 5.32 Å². The third-order valence-electron chi connectivity index (χ3n) is 3.49. The molecule has 3 nitrogen and oxygen atoms in total. The van der Waals surface area contributed by atoms with Crippen LogP contribution in [0.25, 0.3) is 5.69 Å². The lowest BCUT2D eigenvalue weighted by Crippen LogP contribution is -2.15. The molecule has 1 aromatic carbocycles. The van der Waals surface area contributed by atoms with E-state index in [0.717, 1.165) is 11.4 Å². The van der Waals surface area contributed by atoms with Crippen molar-refractivity contribution in [3.63, 3.8) is 0 Å². The predicted octanol–water partition coefficient (Wildman–Crippen LogP) is 4.74. The number of anilines is 1. The smallest absolute Gasteiger partial charge is 0.0991 e. The molecule has 4 heteroatoms. The maximum absolute atomic E-state index is 4.10. The number of imidazole rings is 1. The molecule has 3 rings (SSSR count). The van der Waals surface area contributed by atoms with Gasteiger partial charge in [0.1, 0.15) is 0 Å². The van der Waals surface area contributed by atoms with Crippen molar-refractivity contribution >= 4 is 17.0 Å². The third kappa shape index (κ3) is 3.16. The number of hydrogen-bond donors (Lipinski definition) is 1. The first-order valence-corrected chi connectivity index (χ1v) is 8.00. The van der Waals surface area contributed by atoms with Crippen molar-refractivity contribution in [1.29, 1.82) is 0 Å². The van der Waals surface area contributed by atoms with Crippen LogP contribution >= 0.6 is 11.3 Å². The average molecular weight is 297 g/mol. The summed E-state index contributed by atoms with van der Waals surface area (Å²) in [7, 11) is 0. The summed E-state index contributed by atoms with van der Waals surface area (Å²) in [6.07, 6.45) is 5.57. The molecule has 0 saturated heterocycles. The number of thiophene rings is 1. The van der Waals surface area contributed by atoms with Crippen LogP contribution in [0.3, 0.4) is 0 Å². The number of nitrogens with zero attached hydrogens (tertiary/aromatic N) is 2. The summed E-state index contributed by atoms with van der Waals surface area (Å²) in [4.78, 5) is 5.48. The van der Waals surface area contributed by atoms with Crippen LogP contribution in [0.5, 0.6) is 0 Å². The second-order valence-corrected chi connectivity index (χ2v) is 6.38. The number of rotatable bonds is 5. The predicted molar refractivity (Wildman–Crippen MR) is 89.1 cm³/mol. The van der Waals surface area contributed by atoms with Gasteiger partial charge in [0.05, 0.1) is 12.4 Å². The molecule has 0 aliphatic rings. The Bertz CT molecular complexity index is 672.